The molecule has 0 heterocycles. The van der Waals surface area contributed by atoms with Crippen molar-refractivity contribution in [2.75, 3.05) is 0 Å². The molecule has 0 aliphatic heterocycles. The van der Waals surface area contributed by atoms with Crippen LogP contribution >= 0.6 is 0 Å². The van der Waals surface area contributed by atoms with Crippen LogP contribution in [0.3, 0.4) is 0 Å². The second-order valence-corrected chi connectivity index (χ2v) is 5.08. The smallest absolute Gasteiger partial charge is 0.387 e. The van der Waals surface area contributed by atoms with Crippen molar-refractivity contribution in [1.82, 2.24) is 5.32 Å². The molecule has 2 nitrogen and oxygen atoms in total. The van der Waals surface area contributed by atoms with Crippen molar-refractivity contribution in [1.29, 1.82) is 0 Å². The summed E-state index contributed by atoms with van der Waals surface area (Å²) in [4.78, 5) is 0. The van der Waals surface area contributed by atoms with E-state index in [1.54, 1.807) is 12.1 Å². The lowest BCUT2D eigenvalue weighted by atomic mass is 9.81. The molecule has 2 rings (SSSR count). The minimum Gasteiger partial charge on any atom is -0.434 e. The maximum absolute atomic E-state index is 12.3. The van der Waals surface area contributed by atoms with Crippen molar-refractivity contribution in [3.05, 3.63) is 29.8 Å². The van der Waals surface area contributed by atoms with Gasteiger partial charge in [-0.15, -0.1) is 0 Å². The average Bonchev–Trinajstić information content (AvgIpc) is 2.26. The van der Waals surface area contributed by atoms with Crippen molar-refractivity contribution in [2.45, 2.75) is 45.4 Å². The average molecular weight is 255 g/mol. The van der Waals surface area contributed by atoms with Crippen LogP contribution in [0.1, 0.15) is 38.3 Å². The molecule has 1 fully saturated rings. The second kappa shape index (κ2) is 5.65. The molecule has 1 unspecified atom stereocenters. The van der Waals surface area contributed by atoms with E-state index in [1.165, 1.54) is 0 Å². The number of hydrogen-bond donors (Lipinski definition) is 1. The van der Waals surface area contributed by atoms with Crippen molar-refractivity contribution in [3.63, 3.8) is 0 Å². The molecule has 1 aromatic rings. The monoisotopic (exact) mass is 255 g/mol. The fraction of sp³-hybridized carbons (Fsp3) is 0.571. The van der Waals surface area contributed by atoms with Gasteiger partial charge in [0.2, 0.25) is 0 Å². The zero-order valence-corrected chi connectivity index (χ0v) is 10.7. The van der Waals surface area contributed by atoms with Crippen LogP contribution in [0.15, 0.2) is 24.3 Å². The number of benzene rings is 1. The van der Waals surface area contributed by atoms with E-state index in [-0.39, 0.29) is 11.8 Å². The number of halogens is 2. The van der Waals surface area contributed by atoms with Crippen molar-refractivity contribution in [3.8, 4) is 5.75 Å². The number of nitrogens with one attached hydrogen (secondary N) is 1. The number of alkyl halides is 2. The lowest BCUT2D eigenvalue weighted by Gasteiger charge is -2.36. The lowest BCUT2D eigenvalue weighted by Crippen LogP contribution is -2.41. The third kappa shape index (κ3) is 3.19. The highest BCUT2D eigenvalue weighted by Crippen LogP contribution is 2.31. The predicted molar refractivity (Wildman–Crippen MR) is 66.8 cm³/mol. The Kier molecular flexibility index (Phi) is 4.17. The van der Waals surface area contributed by atoms with Crippen molar-refractivity contribution < 1.29 is 13.5 Å². The van der Waals surface area contributed by atoms with Gasteiger partial charge in [-0.05, 0) is 31.7 Å². The summed E-state index contributed by atoms with van der Waals surface area (Å²) < 4.78 is 29.2. The van der Waals surface area contributed by atoms with Gasteiger partial charge in [0.25, 0.3) is 0 Å². The third-order valence-electron chi connectivity index (χ3n) is 3.46. The van der Waals surface area contributed by atoms with Gasteiger partial charge in [0.1, 0.15) is 5.75 Å². The summed E-state index contributed by atoms with van der Waals surface area (Å²) in [6.45, 7) is 1.43. The van der Waals surface area contributed by atoms with Gasteiger partial charge in [0.15, 0.2) is 0 Å². The molecule has 1 aliphatic carbocycles. The van der Waals surface area contributed by atoms with E-state index in [2.05, 4.69) is 17.0 Å². The molecule has 0 spiro atoms. The summed E-state index contributed by atoms with van der Waals surface area (Å²) in [7, 11) is 0. The Balaban J connectivity index is 2.02. The molecule has 0 radical (unpaired) electrons. The largest absolute Gasteiger partial charge is 0.434 e. The molecule has 1 N–H and O–H groups in total. The van der Waals surface area contributed by atoms with Crippen LogP contribution < -0.4 is 10.1 Å². The fourth-order valence-corrected chi connectivity index (χ4v) is 2.52. The van der Waals surface area contributed by atoms with Crippen LogP contribution in [0.2, 0.25) is 0 Å². The van der Waals surface area contributed by atoms with Crippen LogP contribution in [0.4, 0.5) is 8.78 Å². The summed E-state index contributed by atoms with van der Waals surface area (Å²) in [5.41, 5.74) is 0.789. The van der Waals surface area contributed by atoms with Crippen molar-refractivity contribution in [2.24, 2.45) is 5.92 Å². The standard InChI is InChI=1S/C14H19F2NO/c1-9-7-11(8-9)17-10(2)12-5-3-4-6-13(12)18-14(15)16/h3-6,9-11,14,17H,7-8H2,1-2H3. The number of ether oxygens (including phenoxy) is 1. The van der Waals surface area contributed by atoms with Gasteiger partial charge in [-0.2, -0.15) is 8.78 Å². The number of para-hydroxylation sites is 1. The van der Waals surface area contributed by atoms with E-state index in [0.717, 1.165) is 24.3 Å². The summed E-state index contributed by atoms with van der Waals surface area (Å²) in [5.74, 6) is 1.03. The quantitative estimate of drug-likeness (QED) is 0.865. The van der Waals surface area contributed by atoms with Gasteiger partial charge in [-0.1, -0.05) is 25.1 Å². The zero-order valence-electron chi connectivity index (χ0n) is 10.7. The van der Waals surface area contributed by atoms with E-state index in [4.69, 9.17) is 0 Å². The summed E-state index contributed by atoms with van der Waals surface area (Å²) in [5, 5.41) is 3.45. The minimum absolute atomic E-state index is 0.0254. The Hall–Kier alpha value is -1.16. The van der Waals surface area contributed by atoms with Crippen molar-refractivity contribution >= 4 is 0 Å². The summed E-state index contributed by atoms with van der Waals surface area (Å²) in [6.07, 6.45) is 2.31. The van der Waals surface area contributed by atoms with E-state index in [9.17, 15) is 8.78 Å². The molecule has 1 atom stereocenters. The molecule has 1 aromatic carbocycles. The van der Waals surface area contributed by atoms with Gasteiger partial charge in [0.05, 0.1) is 0 Å². The molecule has 0 saturated heterocycles. The van der Waals surface area contributed by atoms with E-state index in [0.29, 0.717) is 6.04 Å². The predicted octanol–water partition coefficient (Wildman–Crippen LogP) is 3.74. The van der Waals surface area contributed by atoms with Crippen LogP contribution in [0.25, 0.3) is 0 Å². The second-order valence-electron chi connectivity index (χ2n) is 5.08. The molecule has 0 amide bonds. The molecule has 18 heavy (non-hydrogen) atoms. The first-order chi connectivity index (χ1) is 8.56. The van der Waals surface area contributed by atoms with Gasteiger partial charge in [0, 0.05) is 17.6 Å². The molecule has 1 saturated carbocycles. The van der Waals surface area contributed by atoms with Gasteiger partial charge < -0.3 is 10.1 Å². The Morgan fingerprint density at radius 3 is 2.56 bits per heavy atom. The maximum atomic E-state index is 12.3. The Morgan fingerprint density at radius 1 is 1.28 bits per heavy atom. The molecule has 100 valence electrons. The van der Waals surface area contributed by atoms with Gasteiger partial charge in [-0.3, -0.25) is 0 Å². The minimum atomic E-state index is -2.78. The van der Waals surface area contributed by atoms with Crippen LogP contribution in [-0.4, -0.2) is 12.7 Å². The molecular formula is C14H19F2NO. The Morgan fingerprint density at radius 2 is 1.94 bits per heavy atom. The third-order valence-corrected chi connectivity index (χ3v) is 3.46. The highest BCUT2D eigenvalue weighted by atomic mass is 19.3. The van der Waals surface area contributed by atoms with Crippen LogP contribution in [-0.2, 0) is 0 Å². The van der Waals surface area contributed by atoms with Gasteiger partial charge >= 0.3 is 6.61 Å². The SMILES string of the molecule is CC1CC(NC(C)c2ccccc2OC(F)F)C1. The topological polar surface area (TPSA) is 21.3 Å². The van der Waals surface area contributed by atoms with E-state index in [1.807, 2.05) is 19.1 Å². The highest BCUT2D eigenvalue weighted by Gasteiger charge is 2.27. The first-order valence-corrected chi connectivity index (χ1v) is 6.36. The number of rotatable bonds is 5. The highest BCUT2D eigenvalue weighted by molar-refractivity contribution is 5.35. The molecule has 0 bridgehead atoms. The molecule has 1 aliphatic rings. The Bertz CT molecular complexity index is 391. The lowest BCUT2D eigenvalue weighted by molar-refractivity contribution is -0.0507. The summed E-state index contributed by atoms with van der Waals surface area (Å²) in [6, 6.07) is 7.49. The normalized spacial score (nSPS) is 24.7. The van der Waals surface area contributed by atoms with Crippen LogP contribution in [0, 0.1) is 5.92 Å². The molecule has 4 heteroatoms. The first kappa shape index (κ1) is 13.3. The van der Waals surface area contributed by atoms with Gasteiger partial charge in [-0.25, -0.2) is 0 Å². The van der Waals surface area contributed by atoms with E-state index >= 15 is 0 Å². The Labute approximate surface area is 106 Å². The zero-order chi connectivity index (χ0) is 13.1. The molecular weight excluding hydrogens is 236 g/mol. The first-order valence-electron chi connectivity index (χ1n) is 6.36. The summed E-state index contributed by atoms with van der Waals surface area (Å²) >= 11 is 0. The van der Waals surface area contributed by atoms with E-state index < -0.39 is 6.61 Å². The fourth-order valence-electron chi connectivity index (χ4n) is 2.52. The maximum Gasteiger partial charge on any atom is 0.387 e. The van der Waals surface area contributed by atoms with Crippen LogP contribution in [0.5, 0.6) is 5.75 Å². The molecule has 0 aromatic heterocycles. The number of hydrogen-bond acceptors (Lipinski definition) is 2.